The van der Waals surface area contributed by atoms with Gasteiger partial charge in [-0.3, -0.25) is 14.7 Å². The number of aromatic nitrogens is 5. The van der Waals surface area contributed by atoms with Crippen LogP contribution in [0.5, 0.6) is 0 Å². The summed E-state index contributed by atoms with van der Waals surface area (Å²) in [5, 5.41) is 0. The van der Waals surface area contributed by atoms with E-state index < -0.39 is 30.5 Å². The zero-order valence-electron chi connectivity index (χ0n) is 20.9. The van der Waals surface area contributed by atoms with Crippen molar-refractivity contribution in [2.24, 2.45) is 0 Å². The Morgan fingerprint density at radius 2 is 1.65 bits per heavy atom. The molecule has 0 spiro atoms. The van der Waals surface area contributed by atoms with Gasteiger partial charge < -0.3 is 9.88 Å². The Labute approximate surface area is 224 Å². The lowest BCUT2D eigenvalue weighted by Crippen LogP contribution is -2.49. The number of imidazole rings is 1. The molecule has 0 saturated carbocycles. The van der Waals surface area contributed by atoms with Crippen molar-refractivity contribution in [2.45, 2.75) is 31.7 Å². The van der Waals surface area contributed by atoms with Crippen LogP contribution in [-0.2, 0) is 23.9 Å². The molecule has 14 heteroatoms. The van der Waals surface area contributed by atoms with Crippen LogP contribution in [0.4, 0.5) is 26.3 Å². The van der Waals surface area contributed by atoms with Crippen molar-refractivity contribution in [3.8, 4) is 11.3 Å². The molecule has 1 aliphatic heterocycles. The van der Waals surface area contributed by atoms with E-state index in [0.717, 1.165) is 17.5 Å². The summed E-state index contributed by atoms with van der Waals surface area (Å²) in [6, 6.07) is 10.2. The molecule has 0 unspecified atom stereocenters. The number of hydrogen-bond donors (Lipinski definition) is 1. The van der Waals surface area contributed by atoms with Gasteiger partial charge in [0.1, 0.15) is 12.2 Å². The number of pyridine rings is 1. The number of fused-ring (bicyclic) bond motifs is 1. The van der Waals surface area contributed by atoms with Crippen molar-refractivity contribution in [1.82, 2.24) is 34.7 Å². The topological polar surface area (TPSA) is 90.9 Å². The summed E-state index contributed by atoms with van der Waals surface area (Å²) in [6.07, 6.45) is -7.48. The Hall–Kier alpha value is -4.07. The zero-order chi connectivity index (χ0) is 28.5. The number of H-pyrrole nitrogens is 1. The molecule has 1 fully saturated rings. The van der Waals surface area contributed by atoms with Gasteiger partial charge in [-0.25, -0.2) is 15.0 Å². The summed E-state index contributed by atoms with van der Waals surface area (Å²) in [6.45, 7) is 1.95. The molecule has 210 valence electrons. The fourth-order valence-electron chi connectivity index (χ4n) is 4.55. The van der Waals surface area contributed by atoms with Gasteiger partial charge in [0.25, 0.3) is 0 Å². The average molecular weight is 564 g/mol. The second-order valence-electron chi connectivity index (χ2n) is 9.46. The fourth-order valence-corrected chi connectivity index (χ4v) is 4.55. The minimum absolute atomic E-state index is 0.139. The predicted molar refractivity (Wildman–Crippen MR) is 132 cm³/mol. The van der Waals surface area contributed by atoms with Crippen molar-refractivity contribution in [2.75, 3.05) is 26.2 Å². The molecule has 1 N–H and O–H groups in total. The first kappa shape index (κ1) is 27.5. The number of piperazine rings is 1. The number of carbonyl (C=O) groups excluding carboxylic acids is 1. The molecule has 0 aliphatic carbocycles. The first-order chi connectivity index (χ1) is 18.9. The largest absolute Gasteiger partial charge is 0.451 e. The van der Waals surface area contributed by atoms with Crippen LogP contribution in [0.3, 0.4) is 0 Å². The van der Waals surface area contributed by atoms with Crippen molar-refractivity contribution in [3.63, 3.8) is 0 Å². The molecule has 1 saturated heterocycles. The van der Waals surface area contributed by atoms with E-state index in [1.807, 2.05) is 12.1 Å². The summed E-state index contributed by atoms with van der Waals surface area (Å²) < 4.78 is 76.5. The van der Waals surface area contributed by atoms with Crippen LogP contribution in [-0.4, -0.2) is 73.0 Å². The molecule has 0 radical (unpaired) electrons. The van der Waals surface area contributed by atoms with E-state index in [2.05, 4.69) is 29.8 Å². The molecular formula is C26H23F6N7O. The summed E-state index contributed by atoms with van der Waals surface area (Å²) >= 11 is 0. The minimum atomic E-state index is -4.65. The van der Waals surface area contributed by atoms with Gasteiger partial charge in [0, 0.05) is 62.8 Å². The number of halogens is 6. The van der Waals surface area contributed by atoms with Crippen molar-refractivity contribution >= 4 is 16.9 Å². The van der Waals surface area contributed by atoms with Gasteiger partial charge in [0.05, 0.1) is 16.7 Å². The molecule has 40 heavy (non-hydrogen) atoms. The van der Waals surface area contributed by atoms with Crippen molar-refractivity contribution < 1.29 is 31.1 Å². The number of rotatable bonds is 6. The maximum absolute atomic E-state index is 13.0. The standard InChI is InChI=1S/C26H23F6N7O/c27-25(28,29)14-23(40)39-9-7-38(8-10-39)15-16-3-5-33-18(11-16)13-22-35-20-2-1-17(12-21(20)36-22)19-4-6-34-24(37-19)26(30,31)32/h1-6,11-12H,7-10,13-15H2,(H,35,36). The van der Waals surface area contributed by atoms with Gasteiger partial charge in [-0.15, -0.1) is 0 Å². The van der Waals surface area contributed by atoms with Crippen LogP contribution in [0.1, 0.15) is 29.3 Å². The first-order valence-electron chi connectivity index (χ1n) is 12.3. The maximum Gasteiger partial charge on any atom is 0.451 e. The number of carbonyl (C=O) groups is 1. The number of hydrogen-bond acceptors (Lipinski definition) is 6. The summed E-state index contributed by atoms with van der Waals surface area (Å²) in [4.78, 5) is 34.2. The average Bonchev–Trinajstić information content (AvgIpc) is 3.29. The molecule has 5 rings (SSSR count). The van der Waals surface area contributed by atoms with Gasteiger partial charge in [-0.05, 0) is 35.9 Å². The highest BCUT2D eigenvalue weighted by molar-refractivity contribution is 5.81. The van der Waals surface area contributed by atoms with E-state index in [-0.39, 0.29) is 18.8 Å². The third-order valence-corrected chi connectivity index (χ3v) is 6.45. The number of amides is 1. The summed E-state index contributed by atoms with van der Waals surface area (Å²) in [5.74, 6) is -1.50. The molecule has 4 heterocycles. The van der Waals surface area contributed by atoms with Gasteiger partial charge in [0.2, 0.25) is 11.7 Å². The molecule has 0 atom stereocenters. The van der Waals surface area contributed by atoms with Crippen molar-refractivity contribution in [1.29, 1.82) is 0 Å². The monoisotopic (exact) mass is 563 g/mol. The van der Waals surface area contributed by atoms with Gasteiger partial charge in [0.15, 0.2) is 0 Å². The number of aromatic amines is 1. The van der Waals surface area contributed by atoms with E-state index in [9.17, 15) is 31.1 Å². The Kier molecular flexibility index (Phi) is 7.45. The minimum Gasteiger partial charge on any atom is -0.342 e. The lowest BCUT2D eigenvalue weighted by molar-refractivity contribution is -0.162. The molecule has 1 amide bonds. The molecule has 3 aromatic heterocycles. The van der Waals surface area contributed by atoms with Crippen LogP contribution in [0.25, 0.3) is 22.3 Å². The van der Waals surface area contributed by atoms with Crippen LogP contribution in [0.15, 0.2) is 48.8 Å². The van der Waals surface area contributed by atoms with Crippen LogP contribution >= 0.6 is 0 Å². The SMILES string of the molecule is O=C(CC(F)(F)F)N1CCN(Cc2ccnc(Cc3nc4ccc(-c5ccnc(C(F)(F)F)n5)cc4[nH]3)c2)CC1. The second kappa shape index (κ2) is 10.8. The van der Waals surface area contributed by atoms with Gasteiger partial charge >= 0.3 is 12.4 Å². The number of benzene rings is 1. The Morgan fingerprint density at radius 3 is 2.38 bits per heavy atom. The lowest BCUT2D eigenvalue weighted by atomic mass is 10.1. The molecule has 1 aromatic carbocycles. The number of nitrogens with one attached hydrogen (secondary N) is 1. The van der Waals surface area contributed by atoms with E-state index >= 15 is 0 Å². The third-order valence-electron chi connectivity index (χ3n) is 6.45. The normalized spacial score (nSPS) is 15.1. The highest BCUT2D eigenvalue weighted by Crippen LogP contribution is 2.29. The highest BCUT2D eigenvalue weighted by Gasteiger charge is 2.35. The predicted octanol–water partition coefficient (Wildman–Crippen LogP) is 4.62. The molecule has 1 aliphatic rings. The highest BCUT2D eigenvalue weighted by atomic mass is 19.4. The summed E-state index contributed by atoms with van der Waals surface area (Å²) in [5.41, 5.74) is 3.59. The number of nitrogens with zero attached hydrogens (tertiary/aromatic N) is 6. The maximum atomic E-state index is 13.0. The first-order valence-corrected chi connectivity index (χ1v) is 12.3. The quantitative estimate of drug-likeness (QED) is 0.345. The summed E-state index contributed by atoms with van der Waals surface area (Å²) in [7, 11) is 0. The van der Waals surface area contributed by atoms with E-state index in [0.29, 0.717) is 48.5 Å². The van der Waals surface area contributed by atoms with Crippen LogP contribution in [0, 0.1) is 0 Å². The van der Waals surface area contributed by atoms with Crippen LogP contribution in [0.2, 0.25) is 0 Å². The van der Waals surface area contributed by atoms with E-state index in [1.54, 1.807) is 24.4 Å². The van der Waals surface area contributed by atoms with E-state index in [4.69, 9.17) is 0 Å². The molecule has 4 aromatic rings. The van der Waals surface area contributed by atoms with Gasteiger partial charge in [-0.1, -0.05) is 6.07 Å². The Balaban J connectivity index is 1.23. The molecule has 0 bridgehead atoms. The zero-order valence-corrected chi connectivity index (χ0v) is 20.9. The molecular weight excluding hydrogens is 540 g/mol. The Morgan fingerprint density at radius 1 is 0.900 bits per heavy atom. The van der Waals surface area contributed by atoms with Crippen LogP contribution < -0.4 is 0 Å². The second-order valence-corrected chi connectivity index (χ2v) is 9.46. The number of alkyl halides is 6. The van der Waals surface area contributed by atoms with E-state index in [1.165, 1.54) is 11.0 Å². The Bertz CT molecular complexity index is 1510. The lowest BCUT2D eigenvalue weighted by Gasteiger charge is -2.35. The third kappa shape index (κ3) is 6.73. The molecule has 8 nitrogen and oxygen atoms in total. The van der Waals surface area contributed by atoms with Crippen molar-refractivity contribution in [3.05, 3.63) is 71.7 Å². The fraction of sp³-hybridized carbons (Fsp3) is 0.346. The van der Waals surface area contributed by atoms with Gasteiger partial charge in [-0.2, -0.15) is 26.3 Å². The smallest absolute Gasteiger partial charge is 0.342 e.